The highest BCUT2D eigenvalue weighted by molar-refractivity contribution is 9.10. The van der Waals surface area contributed by atoms with E-state index in [4.69, 9.17) is 11.6 Å². The van der Waals surface area contributed by atoms with Gasteiger partial charge in [0, 0.05) is 24.0 Å². The molecule has 3 rings (SSSR count). The number of carbonyl (C=O) groups is 2. The molecule has 3 aromatic rings. The minimum absolute atomic E-state index is 0.110. The lowest BCUT2D eigenvalue weighted by atomic mass is 10.0. The first-order chi connectivity index (χ1) is 18.5. The number of nitrogens with zero attached hydrogens (tertiary/aromatic N) is 2. The van der Waals surface area contributed by atoms with Crippen molar-refractivity contribution in [1.29, 1.82) is 0 Å². The highest BCUT2D eigenvalue weighted by Gasteiger charge is 2.33. The van der Waals surface area contributed by atoms with E-state index in [9.17, 15) is 18.0 Å². The van der Waals surface area contributed by atoms with Crippen LogP contribution in [0.25, 0.3) is 0 Å². The Balaban J connectivity index is 2.05. The second-order valence-corrected chi connectivity index (χ2v) is 12.9. The number of hydrogen-bond acceptors (Lipinski definition) is 4. The second kappa shape index (κ2) is 14.0. The van der Waals surface area contributed by atoms with Crippen LogP contribution in [-0.4, -0.2) is 50.5 Å². The van der Waals surface area contributed by atoms with E-state index in [-0.39, 0.29) is 35.5 Å². The smallest absolute Gasteiger partial charge is 0.244 e. The minimum atomic E-state index is -3.88. The van der Waals surface area contributed by atoms with Crippen molar-refractivity contribution in [2.24, 2.45) is 5.92 Å². The summed E-state index contributed by atoms with van der Waals surface area (Å²) < 4.78 is 27.5. The molecule has 0 radical (unpaired) electrons. The largest absolute Gasteiger partial charge is 0.354 e. The summed E-state index contributed by atoms with van der Waals surface area (Å²) in [5, 5.41) is 3.16. The minimum Gasteiger partial charge on any atom is -0.354 e. The van der Waals surface area contributed by atoms with E-state index in [1.165, 1.54) is 4.90 Å². The normalized spacial score (nSPS) is 12.2. The Hall–Kier alpha value is -2.88. The highest BCUT2D eigenvalue weighted by Crippen LogP contribution is 2.28. The highest BCUT2D eigenvalue weighted by atomic mass is 79.9. The van der Waals surface area contributed by atoms with Gasteiger partial charge in [-0.1, -0.05) is 96.0 Å². The molecule has 0 saturated carbocycles. The topological polar surface area (TPSA) is 86.8 Å². The van der Waals surface area contributed by atoms with Gasteiger partial charge >= 0.3 is 0 Å². The van der Waals surface area contributed by atoms with Crippen LogP contribution in [0.2, 0.25) is 5.02 Å². The Labute approximate surface area is 244 Å². The number of halogens is 2. The summed E-state index contributed by atoms with van der Waals surface area (Å²) in [6.45, 7) is 4.02. The number of amides is 2. The zero-order valence-corrected chi connectivity index (χ0v) is 25.3. The molecule has 0 fully saturated rings. The number of benzene rings is 3. The molecule has 0 aliphatic heterocycles. The van der Waals surface area contributed by atoms with Crippen LogP contribution in [0, 0.1) is 5.92 Å². The van der Waals surface area contributed by atoms with Gasteiger partial charge in [-0.2, -0.15) is 0 Å². The molecule has 0 spiro atoms. The number of nitrogens with one attached hydrogen (secondary N) is 1. The Morgan fingerprint density at radius 3 is 2.13 bits per heavy atom. The molecule has 0 aliphatic carbocycles. The lowest BCUT2D eigenvalue weighted by Gasteiger charge is -2.33. The van der Waals surface area contributed by atoms with Crippen LogP contribution in [-0.2, 0) is 32.6 Å². The average molecular weight is 635 g/mol. The number of rotatable bonds is 12. The van der Waals surface area contributed by atoms with Gasteiger partial charge in [0.2, 0.25) is 21.8 Å². The number of carbonyl (C=O) groups excluding carboxylic acids is 2. The quantitative estimate of drug-likeness (QED) is 0.294. The lowest BCUT2D eigenvalue weighted by molar-refractivity contribution is -0.140. The van der Waals surface area contributed by atoms with Gasteiger partial charge in [0.1, 0.15) is 12.6 Å². The maximum atomic E-state index is 14.0. The van der Waals surface area contributed by atoms with Crippen LogP contribution >= 0.6 is 27.5 Å². The van der Waals surface area contributed by atoms with Crippen molar-refractivity contribution < 1.29 is 18.0 Å². The van der Waals surface area contributed by atoms with Gasteiger partial charge in [-0.3, -0.25) is 13.9 Å². The monoisotopic (exact) mass is 633 g/mol. The molecule has 7 nitrogen and oxygen atoms in total. The number of para-hydroxylation sites is 1. The van der Waals surface area contributed by atoms with Crippen LogP contribution < -0.4 is 9.62 Å². The first-order valence-corrected chi connectivity index (χ1v) is 15.6. The molecule has 3 aromatic carbocycles. The fraction of sp³-hybridized carbons (Fsp3) is 0.310. The third-order valence-electron chi connectivity index (χ3n) is 6.02. The Morgan fingerprint density at radius 1 is 0.923 bits per heavy atom. The van der Waals surface area contributed by atoms with Crippen molar-refractivity contribution >= 4 is 55.1 Å². The number of hydrogen-bond donors (Lipinski definition) is 1. The van der Waals surface area contributed by atoms with Crippen LogP contribution in [0.5, 0.6) is 0 Å². The van der Waals surface area contributed by atoms with Crippen molar-refractivity contribution in [2.45, 2.75) is 32.9 Å². The number of anilines is 1. The first-order valence-electron chi connectivity index (χ1n) is 12.5. The van der Waals surface area contributed by atoms with E-state index in [0.29, 0.717) is 6.54 Å². The summed E-state index contributed by atoms with van der Waals surface area (Å²) in [4.78, 5) is 29.1. The maximum Gasteiger partial charge on any atom is 0.244 e. The molecule has 10 heteroatoms. The van der Waals surface area contributed by atoms with Gasteiger partial charge in [0.15, 0.2) is 0 Å². The van der Waals surface area contributed by atoms with E-state index in [0.717, 1.165) is 26.2 Å². The molecule has 1 N–H and O–H groups in total. The van der Waals surface area contributed by atoms with Gasteiger partial charge in [-0.25, -0.2) is 8.42 Å². The van der Waals surface area contributed by atoms with Crippen molar-refractivity contribution in [2.75, 3.05) is 23.7 Å². The van der Waals surface area contributed by atoms with E-state index in [2.05, 4.69) is 21.2 Å². The van der Waals surface area contributed by atoms with Crippen LogP contribution in [0.3, 0.4) is 0 Å². The van der Waals surface area contributed by atoms with E-state index in [1.54, 1.807) is 24.3 Å². The molecule has 0 saturated heterocycles. The third kappa shape index (κ3) is 9.08. The summed E-state index contributed by atoms with van der Waals surface area (Å²) in [5.41, 5.74) is 1.87. The van der Waals surface area contributed by atoms with Crippen LogP contribution in [0.1, 0.15) is 25.0 Å². The van der Waals surface area contributed by atoms with Crippen molar-refractivity contribution in [1.82, 2.24) is 10.2 Å². The molecule has 0 bridgehead atoms. The molecule has 39 heavy (non-hydrogen) atoms. The van der Waals surface area contributed by atoms with E-state index < -0.39 is 28.5 Å². The van der Waals surface area contributed by atoms with E-state index >= 15 is 0 Å². The molecular formula is C29H33BrClN3O4S. The molecule has 2 amide bonds. The van der Waals surface area contributed by atoms with Gasteiger partial charge in [0.05, 0.1) is 17.0 Å². The Morgan fingerprint density at radius 2 is 1.54 bits per heavy atom. The zero-order chi connectivity index (χ0) is 28.6. The van der Waals surface area contributed by atoms with Crippen LogP contribution in [0.15, 0.2) is 83.3 Å². The third-order valence-corrected chi connectivity index (χ3v) is 8.00. The fourth-order valence-electron chi connectivity index (χ4n) is 4.01. The van der Waals surface area contributed by atoms with Gasteiger partial charge in [-0.15, -0.1) is 0 Å². The average Bonchev–Trinajstić information content (AvgIpc) is 2.89. The Kier molecular flexibility index (Phi) is 11.0. The summed E-state index contributed by atoms with van der Waals surface area (Å²) in [7, 11) is -3.88. The SMILES string of the molecule is CC(C)CNC(=O)[C@@H](Cc1ccccc1)N(Cc1ccc(Br)cc1)C(=O)CN(c1ccccc1Cl)S(C)(=O)=O. The lowest BCUT2D eigenvalue weighted by Crippen LogP contribution is -2.53. The van der Waals surface area contributed by atoms with Crippen molar-refractivity contribution in [3.05, 3.63) is 99.5 Å². The predicted octanol–water partition coefficient (Wildman–Crippen LogP) is 5.28. The van der Waals surface area contributed by atoms with E-state index in [1.807, 2.05) is 68.4 Å². The number of sulfonamides is 1. The zero-order valence-electron chi connectivity index (χ0n) is 22.2. The summed E-state index contributed by atoms with van der Waals surface area (Å²) >= 11 is 9.75. The second-order valence-electron chi connectivity index (χ2n) is 9.71. The van der Waals surface area contributed by atoms with Gasteiger partial charge in [0.25, 0.3) is 0 Å². The molecular weight excluding hydrogens is 602 g/mol. The van der Waals surface area contributed by atoms with Crippen molar-refractivity contribution in [3.8, 4) is 0 Å². The van der Waals surface area contributed by atoms with Crippen molar-refractivity contribution in [3.63, 3.8) is 0 Å². The van der Waals surface area contributed by atoms with Gasteiger partial charge < -0.3 is 10.2 Å². The summed E-state index contributed by atoms with van der Waals surface area (Å²) in [6.07, 6.45) is 1.29. The molecule has 0 aromatic heterocycles. The molecule has 0 unspecified atom stereocenters. The summed E-state index contributed by atoms with van der Waals surface area (Å²) in [6, 6.07) is 22.4. The summed E-state index contributed by atoms with van der Waals surface area (Å²) in [5.74, 6) is -0.617. The van der Waals surface area contributed by atoms with Gasteiger partial charge in [-0.05, 0) is 41.3 Å². The first kappa shape index (κ1) is 30.7. The predicted molar refractivity (Wildman–Crippen MR) is 160 cm³/mol. The molecule has 0 aliphatic rings. The standard InChI is InChI=1S/C29H33BrClN3O4S/c1-21(2)18-32-29(36)27(17-22-9-5-4-6-10-22)33(19-23-13-15-24(30)16-14-23)28(35)20-34(39(3,37)38)26-12-8-7-11-25(26)31/h4-16,21,27H,17-20H2,1-3H3,(H,32,36)/t27-/m1/s1. The van der Waals surface area contributed by atoms with Crippen LogP contribution in [0.4, 0.5) is 5.69 Å². The molecule has 0 heterocycles. The fourth-order valence-corrected chi connectivity index (χ4v) is 5.43. The maximum absolute atomic E-state index is 14.0. The molecule has 208 valence electrons. The Bertz CT molecular complexity index is 1370. The molecule has 1 atom stereocenters.